The Hall–Kier alpha value is -1.89. The molecule has 7 heteroatoms. The van der Waals surface area contributed by atoms with Crippen LogP contribution in [0.4, 0.5) is 0 Å². The number of aryl methyl sites for hydroxylation is 1. The second-order valence-electron chi connectivity index (χ2n) is 5.14. The summed E-state index contributed by atoms with van der Waals surface area (Å²) in [7, 11) is 0. The summed E-state index contributed by atoms with van der Waals surface area (Å²) in [4.78, 5) is 34.1. The Balaban J connectivity index is 1.73. The predicted molar refractivity (Wildman–Crippen MR) is 79.4 cm³/mol. The number of rotatable bonds is 6. The summed E-state index contributed by atoms with van der Waals surface area (Å²) in [6.45, 7) is 2.40. The van der Waals surface area contributed by atoms with Gasteiger partial charge >= 0.3 is 10.8 Å². The highest BCUT2D eigenvalue weighted by Crippen LogP contribution is 2.18. The van der Waals surface area contributed by atoms with Crippen LogP contribution in [-0.4, -0.2) is 27.6 Å². The van der Waals surface area contributed by atoms with Crippen molar-refractivity contribution in [2.75, 3.05) is 0 Å². The molecule has 0 saturated heterocycles. The lowest BCUT2D eigenvalue weighted by molar-refractivity contribution is -0.140. The summed E-state index contributed by atoms with van der Waals surface area (Å²) in [5.41, 5.74) is 0.911. The summed E-state index contributed by atoms with van der Waals surface area (Å²) in [5.74, 6) is -1.49. The van der Waals surface area contributed by atoms with Crippen molar-refractivity contribution < 1.29 is 14.7 Å². The van der Waals surface area contributed by atoms with Crippen LogP contribution in [0.15, 0.2) is 22.3 Å². The lowest BCUT2D eigenvalue weighted by Gasteiger charge is -2.12. The van der Waals surface area contributed by atoms with Crippen LogP contribution in [0, 0.1) is 12.8 Å². The number of aliphatic carboxylic acids is 1. The van der Waals surface area contributed by atoms with Crippen LogP contribution in [0.3, 0.4) is 0 Å². The van der Waals surface area contributed by atoms with Crippen molar-refractivity contribution >= 4 is 23.2 Å². The van der Waals surface area contributed by atoms with E-state index in [1.54, 1.807) is 22.1 Å². The molecule has 0 aromatic carbocycles. The summed E-state index contributed by atoms with van der Waals surface area (Å²) < 4.78 is 1.66. The fraction of sp³-hybridized carbons (Fsp3) is 0.500. The Labute approximate surface area is 126 Å². The molecule has 0 bridgehead atoms. The number of nitrogens with one attached hydrogen (secondary N) is 1. The number of carboxylic acid groups (broad SMARTS) is 1. The Kier molecular flexibility index (Phi) is 4.95. The van der Waals surface area contributed by atoms with Crippen LogP contribution in [0.5, 0.6) is 0 Å². The average molecular weight is 310 g/mol. The Bertz CT molecular complexity index is 617. The highest BCUT2D eigenvalue weighted by molar-refractivity contribution is 7.07. The summed E-state index contributed by atoms with van der Waals surface area (Å²) in [6.07, 6.45) is 4.65. The average Bonchev–Trinajstić information content (AvgIpc) is 3.00. The number of thiazole rings is 1. The van der Waals surface area contributed by atoms with Crippen molar-refractivity contribution in [2.45, 2.75) is 38.8 Å². The SMILES string of the molecule is Cc1csc(=O)n1CCCC(=O)NC1C=CC(C(=O)O)C1. The quantitative estimate of drug-likeness (QED) is 0.771. The van der Waals surface area contributed by atoms with Gasteiger partial charge < -0.3 is 15.0 Å². The number of hydrogen-bond donors (Lipinski definition) is 2. The molecule has 2 unspecified atom stereocenters. The fourth-order valence-electron chi connectivity index (χ4n) is 2.34. The molecule has 0 saturated carbocycles. The third-order valence-electron chi connectivity index (χ3n) is 3.51. The maximum atomic E-state index is 11.8. The molecular formula is C14H18N2O4S. The standard InChI is InChI=1S/C14H18N2O4S/c1-9-8-21-14(20)16(9)6-2-3-12(17)15-11-5-4-10(7-11)13(18)19/h4-5,8,10-11H,2-3,6-7H2,1H3,(H,15,17)(H,18,19). The lowest BCUT2D eigenvalue weighted by Crippen LogP contribution is -2.33. The van der Waals surface area contributed by atoms with Gasteiger partial charge in [0.05, 0.1) is 5.92 Å². The molecule has 0 fully saturated rings. The molecule has 21 heavy (non-hydrogen) atoms. The van der Waals surface area contributed by atoms with E-state index in [1.807, 2.05) is 6.92 Å². The molecule has 2 N–H and O–H groups in total. The molecule has 0 spiro atoms. The maximum absolute atomic E-state index is 11.8. The number of nitrogens with zero attached hydrogens (tertiary/aromatic N) is 1. The second kappa shape index (κ2) is 6.71. The van der Waals surface area contributed by atoms with Gasteiger partial charge in [0.25, 0.3) is 0 Å². The molecule has 1 aliphatic rings. The zero-order valence-electron chi connectivity index (χ0n) is 11.7. The van der Waals surface area contributed by atoms with E-state index < -0.39 is 11.9 Å². The summed E-state index contributed by atoms with van der Waals surface area (Å²) in [6, 6.07) is -0.204. The lowest BCUT2D eigenvalue weighted by atomic mass is 10.1. The molecule has 1 amide bonds. The first kappa shape index (κ1) is 15.5. The molecular weight excluding hydrogens is 292 g/mol. The first-order valence-corrected chi connectivity index (χ1v) is 7.70. The number of hydrogen-bond acceptors (Lipinski definition) is 4. The van der Waals surface area contributed by atoms with Gasteiger partial charge in [0, 0.05) is 30.1 Å². The topological polar surface area (TPSA) is 88.4 Å². The molecule has 0 radical (unpaired) electrons. The zero-order chi connectivity index (χ0) is 15.4. The number of carbonyl (C=O) groups is 2. The monoisotopic (exact) mass is 310 g/mol. The van der Waals surface area contributed by atoms with E-state index in [9.17, 15) is 14.4 Å². The fourth-order valence-corrected chi connectivity index (χ4v) is 3.10. The molecule has 2 atom stereocenters. The first-order chi connectivity index (χ1) is 9.97. The minimum Gasteiger partial charge on any atom is -0.481 e. The number of aromatic nitrogens is 1. The zero-order valence-corrected chi connectivity index (χ0v) is 12.6. The van der Waals surface area contributed by atoms with E-state index in [4.69, 9.17) is 5.11 Å². The van der Waals surface area contributed by atoms with Gasteiger partial charge in [0.15, 0.2) is 0 Å². The third-order valence-corrected chi connectivity index (χ3v) is 4.39. The highest BCUT2D eigenvalue weighted by atomic mass is 32.1. The van der Waals surface area contributed by atoms with E-state index >= 15 is 0 Å². The van der Waals surface area contributed by atoms with Gasteiger partial charge in [-0.15, -0.1) is 0 Å². The number of carboxylic acids is 1. The van der Waals surface area contributed by atoms with E-state index in [-0.39, 0.29) is 16.8 Å². The van der Waals surface area contributed by atoms with Crippen LogP contribution >= 0.6 is 11.3 Å². The molecule has 1 aromatic heterocycles. The van der Waals surface area contributed by atoms with Crippen LogP contribution in [-0.2, 0) is 16.1 Å². The van der Waals surface area contributed by atoms with Gasteiger partial charge in [0.2, 0.25) is 5.91 Å². The Morgan fingerprint density at radius 1 is 1.48 bits per heavy atom. The molecule has 1 heterocycles. The van der Waals surface area contributed by atoms with Crippen molar-refractivity contribution in [3.63, 3.8) is 0 Å². The van der Waals surface area contributed by atoms with Gasteiger partial charge in [-0.25, -0.2) is 0 Å². The smallest absolute Gasteiger partial charge is 0.310 e. The van der Waals surface area contributed by atoms with Crippen molar-refractivity contribution in [1.29, 1.82) is 0 Å². The van der Waals surface area contributed by atoms with Crippen LogP contribution in [0.25, 0.3) is 0 Å². The first-order valence-electron chi connectivity index (χ1n) is 6.83. The van der Waals surface area contributed by atoms with Crippen LogP contribution < -0.4 is 10.2 Å². The van der Waals surface area contributed by atoms with Gasteiger partial charge in [-0.2, -0.15) is 0 Å². The van der Waals surface area contributed by atoms with E-state index in [2.05, 4.69) is 5.32 Å². The summed E-state index contributed by atoms with van der Waals surface area (Å²) in [5, 5.41) is 13.5. The van der Waals surface area contributed by atoms with Gasteiger partial charge in [-0.3, -0.25) is 14.4 Å². The molecule has 114 valence electrons. The predicted octanol–water partition coefficient (Wildman–Crippen LogP) is 1.14. The van der Waals surface area contributed by atoms with E-state index in [0.29, 0.717) is 25.8 Å². The van der Waals surface area contributed by atoms with Crippen molar-refractivity contribution in [3.8, 4) is 0 Å². The molecule has 1 aliphatic carbocycles. The van der Waals surface area contributed by atoms with Crippen molar-refractivity contribution in [1.82, 2.24) is 9.88 Å². The van der Waals surface area contributed by atoms with Gasteiger partial charge in [-0.05, 0) is 19.8 Å². The number of carbonyl (C=O) groups excluding carboxylic acids is 1. The van der Waals surface area contributed by atoms with Crippen LogP contribution in [0.1, 0.15) is 25.0 Å². The Morgan fingerprint density at radius 2 is 2.24 bits per heavy atom. The van der Waals surface area contributed by atoms with Crippen LogP contribution in [0.2, 0.25) is 0 Å². The van der Waals surface area contributed by atoms with E-state index in [1.165, 1.54) is 0 Å². The normalized spacial score (nSPS) is 20.6. The molecule has 2 rings (SSSR count). The maximum Gasteiger partial charge on any atom is 0.310 e. The van der Waals surface area contributed by atoms with E-state index in [0.717, 1.165) is 17.0 Å². The van der Waals surface area contributed by atoms with Crippen molar-refractivity contribution in [3.05, 3.63) is 32.9 Å². The molecule has 1 aromatic rings. The van der Waals surface area contributed by atoms with Gasteiger partial charge in [0.1, 0.15) is 0 Å². The number of amides is 1. The Morgan fingerprint density at radius 3 is 2.81 bits per heavy atom. The summed E-state index contributed by atoms with van der Waals surface area (Å²) >= 11 is 1.16. The minimum absolute atomic E-state index is 0.00376. The largest absolute Gasteiger partial charge is 0.481 e. The molecule has 6 nitrogen and oxygen atoms in total. The van der Waals surface area contributed by atoms with Gasteiger partial charge in [-0.1, -0.05) is 23.5 Å². The van der Waals surface area contributed by atoms with Crippen molar-refractivity contribution in [2.24, 2.45) is 5.92 Å². The third kappa shape index (κ3) is 4.04. The minimum atomic E-state index is -0.865. The molecule has 0 aliphatic heterocycles. The second-order valence-corrected chi connectivity index (χ2v) is 5.96. The highest BCUT2D eigenvalue weighted by Gasteiger charge is 2.25.